The fourth-order valence-electron chi connectivity index (χ4n) is 2.01. The van der Waals surface area contributed by atoms with Gasteiger partial charge in [0, 0.05) is 24.7 Å². The average Bonchev–Trinajstić information content (AvgIpc) is 2.21. The van der Waals surface area contributed by atoms with E-state index in [4.69, 9.17) is 0 Å². The lowest BCUT2D eigenvalue weighted by atomic mass is 10.00. The average molecular weight is 178 g/mol. The maximum atomic E-state index is 3.56. The van der Waals surface area contributed by atoms with E-state index in [1.807, 2.05) is 0 Å². The van der Waals surface area contributed by atoms with E-state index in [1.54, 1.807) is 0 Å². The van der Waals surface area contributed by atoms with E-state index >= 15 is 0 Å². The molecule has 0 radical (unpaired) electrons. The Balaban J connectivity index is 1.82. The Morgan fingerprint density at radius 1 is 1.38 bits per heavy atom. The van der Waals surface area contributed by atoms with Crippen LogP contribution in [0.25, 0.3) is 0 Å². The number of hydrogen-bond donors (Lipinski definition) is 2. The molecule has 1 saturated heterocycles. The molecule has 2 rings (SSSR count). The highest BCUT2D eigenvalue weighted by Crippen LogP contribution is 2.14. The highest BCUT2D eigenvalue weighted by Gasteiger charge is 2.13. The Morgan fingerprint density at radius 2 is 2.38 bits per heavy atom. The molecular formula is C11H18N2. The van der Waals surface area contributed by atoms with Crippen molar-refractivity contribution in [3.8, 4) is 0 Å². The van der Waals surface area contributed by atoms with Crippen LogP contribution in [0.2, 0.25) is 0 Å². The number of nitrogens with one attached hydrogen (secondary N) is 2. The standard InChI is InChI=1S/C11H18N2/c1-3-7-12-10(5-1)9-11-6-2-4-8-13-11/h1,3,5,11-13H,2,4,6-9H2. The van der Waals surface area contributed by atoms with Gasteiger partial charge in [0.1, 0.15) is 0 Å². The molecule has 1 atom stereocenters. The van der Waals surface area contributed by atoms with Crippen molar-refractivity contribution in [1.82, 2.24) is 10.6 Å². The minimum atomic E-state index is 0.707. The summed E-state index contributed by atoms with van der Waals surface area (Å²) in [4.78, 5) is 0. The maximum absolute atomic E-state index is 3.56. The third kappa shape index (κ3) is 2.59. The smallest absolute Gasteiger partial charge is 0.0330 e. The molecular weight excluding hydrogens is 160 g/mol. The molecule has 0 aromatic carbocycles. The van der Waals surface area contributed by atoms with Crippen molar-refractivity contribution in [2.45, 2.75) is 31.7 Å². The molecule has 0 spiro atoms. The fraction of sp³-hybridized carbons (Fsp3) is 0.636. The van der Waals surface area contributed by atoms with E-state index < -0.39 is 0 Å². The largest absolute Gasteiger partial charge is 0.385 e. The first-order valence-electron chi connectivity index (χ1n) is 5.28. The van der Waals surface area contributed by atoms with Gasteiger partial charge in [-0.25, -0.2) is 0 Å². The summed E-state index contributed by atoms with van der Waals surface area (Å²) in [5.41, 5.74) is 1.39. The maximum Gasteiger partial charge on any atom is 0.0330 e. The van der Waals surface area contributed by atoms with Gasteiger partial charge in [0.15, 0.2) is 0 Å². The molecule has 2 heterocycles. The number of hydrogen-bond acceptors (Lipinski definition) is 2. The fourth-order valence-corrected chi connectivity index (χ4v) is 2.01. The van der Waals surface area contributed by atoms with E-state index in [0.29, 0.717) is 6.04 Å². The molecule has 1 fully saturated rings. The molecule has 2 nitrogen and oxygen atoms in total. The zero-order chi connectivity index (χ0) is 8.93. The molecule has 13 heavy (non-hydrogen) atoms. The van der Waals surface area contributed by atoms with E-state index in [1.165, 1.54) is 37.9 Å². The van der Waals surface area contributed by atoms with Gasteiger partial charge in [-0.15, -0.1) is 0 Å². The van der Waals surface area contributed by atoms with Crippen LogP contribution >= 0.6 is 0 Å². The summed E-state index contributed by atoms with van der Waals surface area (Å²) in [7, 11) is 0. The summed E-state index contributed by atoms with van der Waals surface area (Å²) in [5.74, 6) is 0. The van der Waals surface area contributed by atoms with Crippen LogP contribution in [0, 0.1) is 0 Å². The summed E-state index contributed by atoms with van der Waals surface area (Å²) in [6.45, 7) is 2.20. The second kappa shape index (κ2) is 4.47. The normalized spacial score (nSPS) is 28.0. The molecule has 0 bridgehead atoms. The molecule has 0 saturated carbocycles. The van der Waals surface area contributed by atoms with Gasteiger partial charge in [0.2, 0.25) is 0 Å². The van der Waals surface area contributed by atoms with Gasteiger partial charge >= 0.3 is 0 Å². The zero-order valence-electron chi connectivity index (χ0n) is 8.05. The second-order valence-electron chi connectivity index (χ2n) is 3.85. The number of rotatable bonds is 2. The predicted molar refractivity (Wildman–Crippen MR) is 55.5 cm³/mol. The highest BCUT2D eigenvalue weighted by atomic mass is 14.9. The van der Waals surface area contributed by atoms with Crippen molar-refractivity contribution >= 4 is 0 Å². The Hall–Kier alpha value is -0.760. The van der Waals surface area contributed by atoms with Gasteiger partial charge in [0.05, 0.1) is 0 Å². The van der Waals surface area contributed by atoms with E-state index in [2.05, 4.69) is 28.9 Å². The van der Waals surface area contributed by atoms with E-state index in [0.717, 1.165) is 6.54 Å². The van der Waals surface area contributed by atoms with Crippen molar-refractivity contribution in [3.63, 3.8) is 0 Å². The lowest BCUT2D eigenvalue weighted by Crippen LogP contribution is -2.35. The van der Waals surface area contributed by atoms with Crippen LogP contribution in [0.15, 0.2) is 23.9 Å². The van der Waals surface area contributed by atoms with Crippen molar-refractivity contribution in [2.24, 2.45) is 0 Å². The Labute approximate surface area is 80.1 Å². The van der Waals surface area contributed by atoms with Gasteiger partial charge in [-0.1, -0.05) is 18.6 Å². The molecule has 0 aromatic rings. The molecule has 2 aliphatic rings. The lowest BCUT2D eigenvalue weighted by molar-refractivity contribution is 0.393. The zero-order valence-corrected chi connectivity index (χ0v) is 8.05. The third-order valence-electron chi connectivity index (χ3n) is 2.76. The van der Waals surface area contributed by atoms with Crippen LogP contribution in [0.4, 0.5) is 0 Å². The molecule has 0 aliphatic carbocycles. The van der Waals surface area contributed by atoms with Crippen molar-refractivity contribution in [3.05, 3.63) is 23.9 Å². The molecule has 1 unspecified atom stereocenters. The molecule has 2 N–H and O–H groups in total. The Bertz CT molecular complexity index is 212. The first kappa shape index (κ1) is 8.82. The van der Waals surface area contributed by atoms with Gasteiger partial charge in [-0.2, -0.15) is 0 Å². The van der Waals surface area contributed by atoms with Crippen molar-refractivity contribution in [2.75, 3.05) is 13.1 Å². The second-order valence-corrected chi connectivity index (χ2v) is 3.85. The predicted octanol–water partition coefficient (Wildman–Crippen LogP) is 1.56. The van der Waals surface area contributed by atoms with Crippen LogP contribution in [0.3, 0.4) is 0 Å². The molecule has 72 valence electrons. The first-order valence-corrected chi connectivity index (χ1v) is 5.28. The number of allylic oxidation sites excluding steroid dienone is 2. The Morgan fingerprint density at radius 3 is 3.08 bits per heavy atom. The number of piperidine rings is 1. The van der Waals surface area contributed by atoms with Crippen LogP contribution in [-0.4, -0.2) is 19.1 Å². The highest BCUT2D eigenvalue weighted by molar-refractivity contribution is 5.17. The Kier molecular flexibility index (Phi) is 3.03. The summed E-state index contributed by atoms with van der Waals surface area (Å²) < 4.78 is 0. The minimum Gasteiger partial charge on any atom is -0.385 e. The first-order chi connectivity index (χ1) is 6.45. The molecule has 0 amide bonds. The molecule has 0 aromatic heterocycles. The van der Waals surface area contributed by atoms with Gasteiger partial charge in [-0.3, -0.25) is 0 Å². The van der Waals surface area contributed by atoms with Gasteiger partial charge in [-0.05, 0) is 25.5 Å². The molecule has 2 heteroatoms. The summed E-state index contributed by atoms with van der Waals surface area (Å²) in [6.07, 6.45) is 11.7. The van der Waals surface area contributed by atoms with E-state index in [-0.39, 0.29) is 0 Å². The summed E-state index contributed by atoms with van der Waals surface area (Å²) >= 11 is 0. The quantitative estimate of drug-likeness (QED) is 0.670. The SMILES string of the molecule is C1=CCNC(CC2CCCCN2)=C1. The van der Waals surface area contributed by atoms with Crippen molar-refractivity contribution in [1.29, 1.82) is 0 Å². The van der Waals surface area contributed by atoms with E-state index in [9.17, 15) is 0 Å². The van der Waals surface area contributed by atoms with Crippen LogP contribution in [-0.2, 0) is 0 Å². The topological polar surface area (TPSA) is 24.1 Å². The van der Waals surface area contributed by atoms with Gasteiger partial charge in [0.25, 0.3) is 0 Å². The van der Waals surface area contributed by atoms with Crippen molar-refractivity contribution < 1.29 is 0 Å². The summed E-state index contributed by atoms with van der Waals surface area (Å²) in [5, 5.41) is 6.96. The molecule has 2 aliphatic heterocycles. The van der Waals surface area contributed by atoms with Crippen LogP contribution in [0.5, 0.6) is 0 Å². The van der Waals surface area contributed by atoms with Crippen LogP contribution < -0.4 is 10.6 Å². The van der Waals surface area contributed by atoms with Gasteiger partial charge < -0.3 is 10.6 Å². The third-order valence-corrected chi connectivity index (χ3v) is 2.76. The number of dihydropyridines is 1. The monoisotopic (exact) mass is 178 g/mol. The minimum absolute atomic E-state index is 0.707. The van der Waals surface area contributed by atoms with Crippen LogP contribution in [0.1, 0.15) is 25.7 Å². The summed E-state index contributed by atoms with van der Waals surface area (Å²) in [6, 6.07) is 0.707. The lowest BCUT2D eigenvalue weighted by Gasteiger charge is -2.25.